The molecule has 3 nitrogen and oxygen atoms in total. The number of benzene rings is 2. The maximum Gasteiger partial charge on any atom is 0.185 e. The van der Waals surface area contributed by atoms with Gasteiger partial charge in [-0.05, 0) is 91.1 Å². The molecule has 3 aromatic rings. The summed E-state index contributed by atoms with van der Waals surface area (Å²) in [6.07, 6.45) is 6.50. The summed E-state index contributed by atoms with van der Waals surface area (Å²) in [7, 11) is 0. The van der Waals surface area contributed by atoms with Crippen LogP contribution in [0.15, 0.2) is 65.1 Å². The fourth-order valence-electron chi connectivity index (χ4n) is 3.22. The van der Waals surface area contributed by atoms with Gasteiger partial charge in [0.15, 0.2) is 5.78 Å². The fraction of sp³-hybridized carbons (Fsp3) is 0.174. The average molecular weight is 362 g/mol. The lowest BCUT2D eigenvalue weighted by molar-refractivity contribution is 0.104. The molecule has 2 aromatic carbocycles. The molecular weight excluding hydrogens is 343 g/mol. The van der Waals surface area contributed by atoms with Crippen molar-refractivity contribution in [2.45, 2.75) is 25.9 Å². The molecule has 0 radical (unpaired) electrons. The van der Waals surface area contributed by atoms with Gasteiger partial charge in [-0.15, -0.1) is 0 Å². The van der Waals surface area contributed by atoms with E-state index in [1.807, 2.05) is 12.1 Å². The standard InChI is InChI=1S/C23H19FO3/c24-19-7-4-17(5-8-19)23(25)13-12-20-10-11-22(27-20)15-26-21-9-6-16-2-1-3-18(16)14-21/h4-14H,1-3,15H2/b13-12+. The van der Waals surface area contributed by atoms with Crippen LogP contribution in [0.2, 0.25) is 0 Å². The SMILES string of the molecule is O=C(/C=C/c1ccc(COc2ccc3c(c2)CCC3)o1)c1ccc(F)cc1. The van der Waals surface area contributed by atoms with Crippen molar-refractivity contribution in [1.29, 1.82) is 0 Å². The van der Waals surface area contributed by atoms with Gasteiger partial charge in [0.05, 0.1) is 0 Å². The highest BCUT2D eigenvalue weighted by Gasteiger charge is 2.11. The summed E-state index contributed by atoms with van der Waals surface area (Å²) in [5.41, 5.74) is 3.22. The molecule has 136 valence electrons. The second-order valence-electron chi connectivity index (χ2n) is 6.58. The van der Waals surface area contributed by atoms with Gasteiger partial charge in [0.2, 0.25) is 0 Å². The number of allylic oxidation sites excluding steroid dienone is 1. The number of ether oxygens (including phenoxy) is 1. The van der Waals surface area contributed by atoms with Crippen LogP contribution in [0.25, 0.3) is 6.08 Å². The van der Waals surface area contributed by atoms with Crippen molar-refractivity contribution in [1.82, 2.24) is 0 Å². The van der Waals surface area contributed by atoms with Gasteiger partial charge in [-0.1, -0.05) is 6.07 Å². The average Bonchev–Trinajstić information content (AvgIpc) is 3.33. The van der Waals surface area contributed by atoms with Crippen LogP contribution in [-0.4, -0.2) is 5.78 Å². The Kier molecular flexibility index (Phi) is 4.88. The molecule has 4 heteroatoms. The highest BCUT2D eigenvalue weighted by atomic mass is 19.1. The number of aryl methyl sites for hydroxylation is 2. The van der Waals surface area contributed by atoms with Gasteiger partial charge in [0, 0.05) is 5.56 Å². The molecule has 0 aliphatic heterocycles. The van der Waals surface area contributed by atoms with Crippen LogP contribution in [0.5, 0.6) is 5.75 Å². The molecular formula is C23H19FO3. The number of halogens is 1. The summed E-state index contributed by atoms with van der Waals surface area (Å²) in [5.74, 6) is 1.52. The van der Waals surface area contributed by atoms with Gasteiger partial charge in [-0.3, -0.25) is 4.79 Å². The summed E-state index contributed by atoms with van der Waals surface area (Å²) in [5, 5.41) is 0. The molecule has 0 bridgehead atoms. The van der Waals surface area contributed by atoms with E-state index in [1.54, 1.807) is 12.1 Å². The lowest BCUT2D eigenvalue weighted by Gasteiger charge is -2.06. The van der Waals surface area contributed by atoms with E-state index in [9.17, 15) is 9.18 Å². The number of ketones is 1. The van der Waals surface area contributed by atoms with Gasteiger partial charge in [-0.2, -0.15) is 0 Å². The van der Waals surface area contributed by atoms with Crippen LogP contribution in [-0.2, 0) is 19.4 Å². The minimum atomic E-state index is -0.366. The van der Waals surface area contributed by atoms with E-state index >= 15 is 0 Å². The van der Waals surface area contributed by atoms with Crippen molar-refractivity contribution in [2.24, 2.45) is 0 Å². The molecule has 0 saturated heterocycles. The van der Waals surface area contributed by atoms with Crippen molar-refractivity contribution in [3.05, 3.63) is 94.7 Å². The van der Waals surface area contributed by atoms with Crippen LogP contribution in [0.4, 0.5) is 4.39 Å². The lowest BCUT2D eigenvalue weighted by Crippen LogP contribution is -1.95. The molecule has 1 aliphatic carbocycles. The third-order valence-corrected chi connectivity index (χ3v) is 4.66. The minimum Gasteiger partial charge on any atom is -0.486 e. The Balaban J connectivity index is 1.35. The van der Waals surface area contributed by atoms with E-state index < -0.39 is 0 Å². The first-order valence-corrected chi connectivity index (χ1v) is 8.99. The normalized spacial score (nSPS) is 13.1. The molecule has 0 fully saturated rings. The number of fused-ring (bicyclic) bond motifs is 1. The molecule has 0 saturated carbocycles. The predicted molar refractivity (Wildman–Crippen MR) is 101 cm³/mol. The third kappa shape index (κ3) is 4.17. The van der Waals surface area contributed by atoms with Crippen LogP contribution < -0.4 is 4.74 Å². The largest absolute Gasteiger partial charge is 0.486 e. The Hall–Kier alpha value is -3.14. The molecule has 1 aromatic heterocycles. The Bertz CT molecular complexity index is 983. The van der Waals surface area contributed by atoms with Crippen LogP contribution in [0, 0.1) is 5.82 Å². The molecule has 1 aliphatic rings. The van der Waals surface area contributed by atoms with E-state index in [4.69, 9.17) is 9.15 Å². The minimum absolute atomic E-state index is 0.206. The maximum atomic E-state index is 12.9. The molecule has 0 N–H and O–H groups in total. The number of rotatable bonds is 6. The number of carbonyl (C=O) groups excluding carboxylic acids is 1. The Labute approximate surface area is 157 Å². The molecule has 0 atom stereocenters. The summed E-state index contributed by atoms with van der Waals surface area (Å²) < 4.78 is 24.4. The highest BCUT2D eigenvalue weighted by molar-refractivity contribution is 6.06. The topological polar surface area (TPSA) is 39.4 Å². The van der Waals surface area contributed by atoms with E-state index in [1.165, 1.54) is 47.9 Å². The summed E-state index contributed by atoms with van der Waals surface area (Å²) >= 11 is 0. The first-order valence-electron chi connectivity index (χ1n) is 8.99. The van der Waals surface area contributed by atoms with E-state index in [2.05, 4.69) is 12.1 Å². The molecule has 4 rings (SSSR count). The number of carbonyl (C=O) groups is 1. The zero-order chi connectivity index (χ0) is 18.6. The molecule has 0 amide bonds. The highest BCUT2D eigenvalue weighted by Crippen LogP contribution is 2.26. The van der Waals surface area contributed by atoms with Gasteiger partial charge in [0.1, 0.15) is 29.7 Å². The summed E-state index contributed by atoms with van der Waals surface area (Å²) in [4.78, 5) is 12.1. The number of hydrogen-bond acceptors (Lipinski definition) is 3. The van der Waals surface area contributed by atoms with Crippen LogP contribution in [0.1, 0.15) is 39.4 Å². The van der Waals surface area contributed by atoms with Crippen LogP contribution >= 0.6 is 0 Å². The van der Waals surface area contributed by atoms with Gasteiger partial charge < -0.3 is 9.15 Å². The molecule has 1 heterocycles. The third-order valence-electron chi connectivity index (χ3n) is 4.66. The Morgan fingerprint density at radius 3 is 2.70 bits per heavy atom. The van der Waals surface area contributed by atoms with Gasteiger partial charge in [0.25, 0.3) is 0 Å². The van der Waals surface area contributed by atoms with E-state index in [0.717, 1.165) is 18.6 Å². The first-order chi connectivity index (χ1) is 13.2. The predicted octanol–water partition coefficient (Wildman–Crippen LogP) is 5.38. The van der Waals surface area contributed by atoms with Gasteiger partial charge in [-0.25, -0.2) is 4.39 Å². The first kappa shape index (κ1) is 17.3. The second-order valence-corrected chi connectivity index (χ2v) is 6.58. The Morgan fingerprint density at radius 1 is 1.04 bits per heavy atom. The van der Waals surface area contributed by atoms with E-state index in [-0.39, 0.29) is 11.6 Å². The zero-order valence-corrected chi connectivity index (χ0v) is 14.8. The summed E-state index contributed by atoms with van der Waals surface area (Å²) in [6.45, 7) is 0.332. The number of hydrogen-bond donors (Lipinski definition) is 0. The van der Waals surface area contributed by atoms with Crippen LogP contribution in [0.3, 0.4) is 0 Å². The van der Waals surface area contributed by atoms with E-state index in [0.29, 0.717) is 23.7 Å². The van der Waals surface area contributed by atoms with Crippen molar-refractivity contribution in [2.75, 3.05) is 0 Å². The molecule has 27 heavy (non-hydrogen) atoms. The quantitative estimate of drug-likeness (QED) is 0.436. The second kappa shape index (κ2) is 7.62. The molecule has 0 spiro atoms. The maximum absolute atomic E-state index is 12.9. The summed E-state index contributed by atoms with van der Waals surface area (Å²) in [6, 6.07) is 15.3. The smallest absolute Gasteiger partial charge is 0.185 e. The molecule has 0 unspecified atom stereocenters. The van der Waals surface area contributed by atoms with Gasteiger partial charge >= 0.3 is 0 Å². The number of furan rings is 1. The van der Waals surface area contributed by atoms with Crippen molar-refractivity contribution in [3.8, 4) is 5.75 Å². The van der Waals surface area contributed by atoms with Crippen molar-refractivity contribution < 1.29 is 18.3 Å². The van der Waals surface area contributed by atoms with Crippen molar-refractivity contribution >= 4 is 11.9 Å². The Morgan fingerprint density at radius 2 is 1.85 bits per heavy atom. The fourth-order valence-corrected chi connectivity index (χ4v) is 3.22. The monoisotopic (exact) mass is 362 g/mol. The van der Waals surface area contributed by atoms with Crippen molar-refractivity contribution in [3.63, 3.8) is 0 Å². The lowest BCUT2D eigenvalue weighted by atomic mass is 10.1. The zero-order valence-electron chi connectivity index (χ0n) is 14.8.